The Labute approximate surface area is 229 Å². The molecular formula is C29H36N4O2S2. The topological polar surface area (TPSA) is 78.1 Å². The highest BCUT2D eigenvalue weighted by Crippen LogP contribution is 2.35. The molecule has 0 saturated carbocycles. The first-order valence-corrected chi connectivity index (χ1v) is 14.4. The van der Waals surface area contributed by atoms with E-state index in [4.69, 9.17) is 12.2 Å². The molecule has 37 heavy (non-hydrogen) atoms. The lowest BCUT2D eigenvalue weighted by molar-refractivity contribution is -0.122. The molecule has 8 heteroatoms. The van der Waals surface area contributed by atoms with Crippen molar-refractivity contribution in [2.75, 3.05) is 18.4 Å². The molecule has 3 rings (SSSR count). The number of nitrogens with zero attached hydrogens (tertiary/aromatic N) is 3. The summed E-state index contributed by atoms with van der Waals surface area (Å²) in [4.78, 5) is 28.8. The van der Waals surface area contributed by atoms with Crippen molar-refractivity contribution in [1.29, 1.82) is 5.26 Å². The van der Waals surface area contributed by atoms with Crippen LogP contribution in [0.3, 0.4) is 0 Å². The highest BCUT2D eigenvalue weighted by molar-refractivity contribution is 8.26. The summed E-state index contributed by atoms with van der Waals surface area (Å²) in [5.74, 6) is 0.546. The fraction of sp³-hybridized carbons (Fsp3) is 0.448. The molecule has 1 saturated heterocycles. The molecule has 1 amide bonds. The minimum atomic E-state index is -0.295. The first kappa shape index (κ1) is 28.7. The molecule has 0 unspecified atom stereocenters. The van der Waals surface area contributed by atoms with E-state index in [-0.39, 0.29) is 17.0 Å². The third kappa shape index (κ3) is 7.12. The van der Waals surface area contributed by atoms with Gasteiger partial charge in [-0.2, -0.15) is 5.26 Å². The van der Waals surface area contributed by atoms with Gasteiger partial charge in [0.1, 0.15) is 21.8 Å². The minimum Gasteiger partial charge on any atom is -0.371 e. The number of benzene rings is 1. The first-order valence-electron chi connectivity index (χ1n) is 13.1. The van der Waals surface area contributed by atoms with Gasteiger partial charge in [0.25, 0.3) is 11.5 Å². The quantitative estimate of drug-likeness (QED) is 0.185. The number of hydrogen-bond acceptors (Lipinski definition) is 6. The Morgan fingerprint density at radius 1 is 1.05 bits per heavy atom. The third-order valence-corrected chi connectivity index (χ3v) is 7.92. The SMILES string of the molecule is CCCCCCN1C(=O)/C(=C\c2c(C)c(C#N)c(=O)n(CCCC)c2NCCc2ccccc2)SC1=S. The molecule has 0 radical (unpaired) electrons. The highest BCUT2D eigenvalue weighted by atomic mass is 32.2. The molecule has 1 aliphatic rings. The Kier molecular flexibility index (Phi) is 11.0. The summed E-state index contributed by atoms with van der Waals surface area (Å²) in [7, 11) is 0. The molecule has 0 bridgehead atoms. The van der Waals surface area contributed by atoms with Crippen LogP contribution >= 0.6 is 24.0 Å². The van der Waals surface area contributed by atoms with Gasteiger partial charge in [0.2, 0.25) is 0 Å². The molecule has 1 fully saturated rings. The number of nitriles is 1. The van der Waals surface area contributed by atoms with Gasteiger partial charge in [-0.3, -0.25) is 19.1 Å². The molecule has 1 aliphatic heterocycles. The first-order chi connectivity index (χ1) is 17.9. The van der Waals surface area contributed by atoms with Crippen LogP contribution in [0, 0.1) is 18.3 Å². The van der Waals surface area contributed by atoms with Crippen LogP contribution < -0.4 is 10.9 Å². The van der Waals surface area contributed by atoms with Crippen LogP contribution in [0.2, 0.25) is 0 Å². The van der Waals surface area contributed by atoms with E-state index in [1.807, 2.05) is 24.3 Å². The number of rotatable bonds is 13. The zero-order valence-corrected chi connectivity index (χ0v) is 23.6. The average Bonchev–Trinajstić information content (AvgIpc) is 3.16. The molecule has 2 heterocycles. The Bertz CT molecular complexity index is 1250. The zero-order chi connectivity index (χ0) is 26.8. The Morgan fingerprint density at radius 3 is 2.46 bits per heavy atom. The van der Waals surface area contributed by atoms with E-state index in [1.54, 1.807) is 16.4 Å². The van der Waals surface area contributed by atoms with E-state index in [0.717, 1.165) is 44.9 Å². The maximum absolute atomic E-state index is 13.3. The standard InChI is InChI=1S/C29H36N4O2S2/c1-4-6-8-12-18-33-28(35)25(37-29(33)36)19-23-21(3)24(20-30)27(34)32(17-7-5-2)26(23)31-16-15-22-13-10-9-11-14-22/h9-11,13-14,19,31H,4-8,12,15-18H2,1-3H3/b25-19+. The van der Waals surface area contributed by atoms with Crippen LogP contribution in [0.4, 0.5) is 5.82 Å². The van der Waals surface area contributed by atoms with Crippen LogP contribution in [0.5, 0.6) is 0 Å². The van der Waals surface area contributed by atoms with Crippen LogP contribution in [0.1, 0.15) is 74.6 Å². The molecule has 196 valence electrons. The molecule has 0 spiro atoms. The van der Waals surface area contributed by atoms with Crippen LogP contribution in [0.15, 0.2) is 40.0 Å². The molecule has 0 aliphatic carbocycles. The van der Waals surface area contributed by atoms with Crippen molar-refractivity contribution in [3.8, 4) is 6.07 Å². The number of anilines is 1. The fourth-order valence-electron chi connectivity index (χ4n) is 4.37. The second-order valence-electron chi connectivity index (χ2n) is 9.24. The number of unbranched alkanes of at least 4 members (excludes halogenated alkanes) is 4. The predicted octanol–water partition coefficient (Wildman–Crippen LogP) is 6.26. The Morgan fingerprint density at radius 2 is 1.78 bits per heavy atom. The summed E-state index contributed by atoms with van der Waals surface area (Å²) in [5.41, 5.74) is 2.29. The summed E-state index contributed by atoms with van der Waals surface area (Å²) in [6, 6.07) is 12.3. The van der Waals surface area contributed by atoms with Gasteiger partial charge in [-0.15, -0.1) is 0 Å². The fourth-order valence-corrected chi connectivity index (χ4v) is 5.66. The maximum atomic E-state index is 13.3. The summed E-state index contributed by atoms with van der Waals surface area (Å²) in [6.07, 6.45) is 8.56. The highest BCUT2D eigenvalue weighted by Gasteiger charge is 2.32. The van der Waals surface area contributed by atoms with E-state index in [9.17, 15) is 14.9 Å². The van der Waals surface area contributed by atoms with E-state index >= 15 is 0 Å². The van der Waals surface area contributed by atoms with E-state index in [1.165, 1.54) is 17.3 Å². The van der Waals surface area contributed by atoms with Crippen LogP contribution in [0.25, 0.3) is 6.08 Å². The molecule has 1 aromatic carbocycles. The van der Waals surface area contributed by atoms with Crippen molar-refractivity contribution in [2.45, 2.75) is 72.3 Å². The van der Waals surface area contributed by atoms with Gasteiger partial charge in [0.05, 0.1) is 4.91 Å². The minimum absolute atomic E-state index is 0.106. The lowest BCUT2D eigenvalue weighted by Gasteiger charge is -2.20. The van der Waals surface area contributed by atoms with Crippen molar-refractivity contribution < 1.29 is 4.79 Å². The number of amides is 1. The summed E-state index contributed by atoms with van der Waals surface area (Å²) >= 11 is 6.83. The number of nitrogens with one attached hydrogen (secondary N) is 1. The Hall–Kier alpha value is -2.89. The average molecular weight is 537 g/mol. The van der Waals surface area contributed by atoms with Crippen molar-refractivity contribution >= 4 is 46.1 Å². The lowest BCUT2D eigenvalue weighted by atomic mass is 10.0. The maximum Gasteiger partial charge on any atom is 0.270 e. The van der Waals surface area contributed by atoms with Crippen molar-refractivity contribution in [3.63, 3.8) is 0 Å². The van der Waals surface area contributed by atoms with Crippen molar-refractivity contribution in [1.82, 2.24) is 9.47 Å². The lowest BCUT2D eigenvalue weighted by Crippen LogP contribution is -2.29. The zero-order valence-electron chi connectivity index (χ0n) is 22.0. The van der Waals surface area contributed by atoms with Gasteiger partial charge in [-0.1, -0.05) is 93.8 Å². The van der Waals surface area contributed by atoms with Crippen LogP contribution in [-0.2, 0) is 17.8 Å². The van der Waals surface area contributed by atoms with Crippen LogP contribution in [-0.4, -0.2) is 32.8 Å². The molecule has 0 atom stereocenters. The second kappa shape index (κ2) is 14.2. The second-order valence-corrected chi connectivity index (χ2v) is 10.9. The van der Waals surface area contributed by atoms with Gasteiger partial charge in [-0.25, -0.2) is 0 Å². The van der Waals surface area contributed by atoms with Gasteiger partial charge >= 0.3 is 0 Å². The van der Waals surface area contributed by atoms with Gasteiger partial charge in [0.15, 0.2) is 0 Å². The van der Waals surface area contributed by atoms with Crippen molar-refractivity contribution in [3.05, 3.63) is 67.8 Å². The largest absolute Gasteiger partial charge is 0.371 e. The number of thiocarbonyl (C=S) groups is 1. The monoisotopic (exact) mass is 536 g/mol. The summed E-state index contributed by atoms with van der Waals surface area (Å²) in [6.45, 7) is 7.73. The van der Waals surface area contributed by atoms with E-state index in [0.29, 0.717) is 45.8 Å². The molecule has 1 N–H and O–H groups in total. The summed E-state index contributed by atoms with van der Waals surface area (Å²) in [5, 5.41) is 13.3. The molecule has 6 nitrogen and oxygen atoms in total. The van der Waals surface area contributed by atoms with E-state index in [2.05, 4.69) is 37.4 Å². The molecule has 1 aromatic heterocycles. The number of carbonyl (C=O) groups is 1. The number of carbonyl (C=O) groups excluding carboxylic acids is 1. The number of hydrogen-bond donors (Lipinski definition) is 1. The third-order valence-electron chi connectivity index (χ3n) is 6.54. The van der Waals surface area contributed by atoms with Gasteiger partial charge in [-0.05, 0) is 43.4 Å². The predicted molar refractivity (Wildman–Crippen MR) is 158 cm³/mol. The molecule has 2 aromatic rings. The Balaban J connectivity index is 2.00. The smallest absolute Gasteiger partial charge is 0.270 e. The number of aromatic nitrogens is 1. The van der Waals surface area contributed by atoms with Gasteiger partial charge < -0.3 is 5.32 Å². The number of thioether (sulfide) groups is 1. The normalized spacial score (nSPS) is 14.4. The van der Waals surface area contributed by atoms with E-state index < -0.39 is 0 Å². The van der Waals surface area contributed by atoms with Gasteiger partial charge in [0, 0.05) is 25.2 Å². The van der Waals surface area contributed by atoms with Crippen molar-refractivity contribution in [2.24, 2.45) is 0 Å². The number of pyridine rings is 1. The molecular weight excluding hydrogens is 500 g/mol. The summed E-state index contributed by atoms with van der Waals surface area (Å²) < 4.78 is 2.22.